The van der Waals surface area contributed by atoms with E-state index in [0.29, 0.717) is 24.5 Å². The third kappa shape index (κ3) is 9.44. The van der Waals surface area contributed by atoms with Gasteiger partial charge in [-0.05, 0) is 37.1 Å². The van der Waals surface area contributed by atoms with Crippen molar-refractivity contribution in [3.05, 3.63) is 23.8 Å². The third-order valence-corrected chi connectivity index (χ3v) is 4.15. The Morgan fingerprint density at radius 3 is 2.38 bits per heavy atom. The van der Waals surface area contributed by atoms with Crippen molar-refractivity contribution in [3.8, 4) is 11.5 Å². The molecule has 26 heavy (non-hydrogen) atoms. The van der Waals surface area contributed by atoms with Gasteiger partial charge in [0.15, 0.2) is 11.5 Å². The summed E-state index contributed by atoms with van der Waals surface area (Å²) in [5.41, 5.74) is 3.43. The summed E-state index contributed by atoms with van der Waals surface area (Å²) in [4.78, 5) is 11.8. The van der Waals surface area contributed by atoms with Crippen molar-refractivity contribution in [1.29, 1.82) is 0 Å². The van der Waals surface area contributed by atoms with Crippen LogP contribution in [-0.2, 0) is 4.79 Å². The average Bonchev–Trinajstić information content (AvgIpc) is 2.65. The topological polar surface area (TPSA) is 59.9 Å². The van der Waals surface area contributed by atoms with E-state index in [9.17, 15) is 4.79 Å². The maximum atomic E-state index is 11.8. The minimum Gasteiger partial charge on any atom is -0.493 e. The second-order valence-corrected chi connectivity index (χ2v) is 6.36. The van der Waals surface area contributed by atoms with Crippen molar-refractivity contribution in [2.75, 3.05) is 13.7 Å². The molecular weight excluding hydrogens is 328 g/mol. The number of amides is 1. The molecule has 1 aromatic carbocycles. The highest BCUT2D eigenvalue weighted by molar-refractivity contribution is 5.83. The Bertz CT molecular complexity index is 544. The predicted octanol–water partition coefficient (Wildman–Crippen LogP) is 5.07. The fourth-order valence-corrected chi connectivity index (χ4v) is 2.69. The van der Waals surface area contributed by atoms with Crippen molar-refractivity contribution in [1.82, 2.24) is 5.43 Å². The van der Waals surface area contributed by atoms with Crippen LogP contribution in [0, 0.1) is 0 Å². The standard InChI is InChI=1S/C21H34N2O3/c1-4-6-7-8-9-10-11-12-13-21(24)23-22-17-18-14-15-19(26-5-2)20(16-18)25-3/h14-17H,4-13H2,1-3H3,(H,23,24). The molecule has 1 aromatic rings. The summed E-state index contributed by atoms with van der Waals surface area (Å²) in [7, 11) is 1.60. The van der Waals surface area contributed by atoms with Crippen LogP contribution in [0.4, 0.5) is 0 Å². The molecule has 0 aromatic heterocycles. The molecule has 0 saturated heterocycles. The number of hydrazone groups is 1. The summed E-state index contributed by atoms with van der Waals surface area (Å²) in [5, 5.41) is 4.02. The van der Waals surface area contributed by atoms with Gasteiger partial charge < -0.3 is 9.47 Å². The van der Waals surface area contributed by atoms with Crippen LogP contribution < -0.4 is 14.9 Å². The highest BCUT2D eigenvalue weighted by Crippen LogP contribution is 2.27. The minimum atomic E-state index is -0.0369. The fraction of sp³-hybridized carbons (Fsp3) is 0.619. The second kappa shape index (κ2) is 14.2. The van der Waals surface area contributed by atoms with Gasteiger partial charge in [-0.2, -0.15) is 5.10 Å². The number of ether oxygens (including phenoxy) is 2. The summed E-state index contributed by atoms with van der Waals surface area (Å²) in [6.07, 6.45) is 11.9. The van der Waals surface area contributed by atoms with E-state index in [4.69, 9.17) is 9.47 Å². The lowest BCUT2D eigenvalue weighted by molar-refractivity contribution is -0.121. The number of unbranched alkanes of at least 4 members (excludes halogenated alkanes) is 7. The van der Waals surface area contributed by atoms with Crippen molar-refractivity contribution in [2.24, 2.45) is 5.10 Å². The molecule has 0 spiro atoms. The number of hydrogen-bond acceptors (Lipinski definition) is 4. The molecule has 0 unspecified atom stereocenters. The maximum Gasteiger partial charge on any atom is 0.240 e. The molecule has 146 valence electrons. The van der Waals surface area contributed by atoms with E-state index in [2.05, 4.69) is 17.5 Å². The first-order valence-corrected chi connectivity index (χ1v) is 9.84. The lowest BCUT2D eigenvalue weighted by Gasteiger charge is -2.09. The Hall–Kier alpha value is -2.04. The van der Waals surface area contributed by atoms with E-state index in [1.165, 1.54) is 38.5 Å². The van der Waals surface area contributed by atoms with Gasteiger partial charge in [-0.25, -0.2) is 5.43 Å². The molecule has 1 N–H and O–H groups in total. The van der Waals surface area contributed by atoms with Crippen LogP contribution in [-0.4, -0.2) is 25.8 Å². The molecule has 0 fully saturated rings. The molecule has 0 heterocycles. The summed E-state index contributed by atoms with van der Waals surface area (Å²) >= 11 is 0. The normalized spacial score (nSPS) is 10.9. The van der Waals surface area contributed by atoms with E-state index < -0.39 is 0 Å². The molecule has 1 amide bonds. The van der Waals surface area contributed by atoms with Gasteiger partial charge in [-0.3, -0.25) is 4.79 Å². The second-order valence-electron chi connectivity index (χ2n) is 6.36. The van der Waals surface area contributed by atoms with Crippen LogP contribution in [0.3, 0.4) is 0 Å². The molecule has 0 radical (unpaired) electrons. The summed E-state index contributed by atoms with van der Waals surface area (Å²) in [6, 6.07) is 5.55. The molecule has 0 aliphatic carbocycles. The number of nitrogens with one attached hydrogen (secondary N) is 1. The zero-order valence-electron chi connectivity index (χ0n) is 16.6. The first kappa shape index (κ1) is 22.0. The number of benzene rings is 1. The molecular formula is C21H34N2O3. The van der Waals surface area contributed by atoms with Gasteiger partial charge in [0.25, 0.3) is 0 Å². The van der Waals surface area contributed by atoms with Crippen LogP contribution in [0.15, 0.2) is 23.3 Å². The Kier molecular flexibility index (Phi) is 12.0. The molecule has 0 aliphatic heterocycles. The van der Waals surface area contributed by atoms with Crippen LogP contribution in [0.25, 0.3) is 0 Å². The first-order valence-electron chi connectivity index (χ1n) is 9.84. The maximum absolute atomic E-state index is 11.8. The Morgan fingerprint density at radius 2 is 1.73 bits per heavy atom. The van der Waals surface area contributed by atoms with E-state index in [0.717, 1.165) is 18.4 Å². The van der Waals surface area contributed by atoms with Crippen molar-refractivity contribution < 1.29 is 14.3 Å². The van der Waals surface area contributed by atoms with Gasteiger partial charge >= 0.3 is 0 Å². The van der Waals surface area contributed by atoms with Crippen LogP contribution >= 0.6 is 0 Å². The monoisotopic (exact) mass is 362 g/mol. The number of carbonyl (C=O) groups is 1. The van der Waals surface area contributed by atoms with Crippen molar-refractivity contribution in [3.63, 3.8) is 0 Å². The van der Waals surface area contributed by atoms with E-state index in [-0.39, 0.29) is 5.91 Å². The zero-order chi connectivity index (χ0) is 19.0. The number of hydrogen-bond donors (Lipinski definition) is 1. The van der Waals surface area contributed by atoms with Crippen LogP contribution in [0.5, 0.6) is 11.5 Å². The SMILES string of the molecule is CCCCCCCCCCC(=O)NN=Cc1ccc(OCC)c(OC)c1. The van der Waals surface area contributed by atoms with Gasteiger partial charge in [-0.15, -0.1) is 0 Å². The van der Waals surface area contributed by atoms with Crippen LogP contribution in [0.1, 0.15) is 77.2 Å². The molecule has 0 aliphatic rings. The Labute approximate surface area is 158 Å². The molecule has 0 saturated carbocycles. The Morgan fingerprint density at radius 1 is 1.04 bits per heavy atom. The highest BCUT2D eigenvalue weighted by Gasteiger charge is 2.04. The van der Waals surface area contributed by atoms with Gasteiger partial charge in [0.1, 0.15) is 0 Å². The molecule has 5 nitrogen and oxygen atoms in total. The summed E-state index contributed by atoms with van der Waals surface area (Å²) < 4.78 is 10.8. The van der Waals surface area contributed by atoms with E-state index in [1.54, 1.807) is 13.3 Å². The zero-order valence-corrected chi connectivity index (χ0v) is 16.6. The van der Waals surface area contributed by atoms with E-state index >= 15 is 0 Å². The molecule has 1 rings (SSSR count). The number of carbonyl (C=O) groups excluding carboxylic acids is 1. The van der Waals surface area contributed by atoms with Gasteiger partial charge in [0, 0.05) is 6.42 Å². The van der Waals surface area contributed by atoms with Gasteiger partial charge in [-0.1, -0.05) is 51.9 Å². The smallest absolute Gasteiger partial charge is 0.240 e. The quantitative estimate of drug-likeness (QED) is 0.285. The van der Waals surface area contributed by atoms with E-state index in [1.807, 2.05) is 25.1 Å². The summed E-state index contributed by atoms with van der Waals surface area (Å²) in [5.74, 6) is 1.32. The first-order chi connectivity index (χ1) is 12.7. The predicted molar refractivity (Wildman–Crippen MR) is 107 cm³/mol. The fourth-order valence-electron chi connectivity index (χ4n) is 2.69. The molecule has 0 atom stereocenters. The third-order valence-electron chi connectivity index (χ3n) is 4.15. The number of methoxy groups -OCH3 is 1. The van der Waals surface area contributed by atoms with Crippen molar-refractivity contribution >= 4 is 12.1 Å². The Balaban J connectivity index is 2.23. The summed E-state index contributed by atoms with van der Waals surface area (Å²) in [6.45, 7) is 4.74. The molecule has 5 heteroatoms. The van der Waals surface area contributed by atoms with Crippen molar-refractivity contribution in [2.45, 2.75) is 71.6 Å². The van der Waals surface area contributed by atoms with Gasteiger partial charge in [0.2, 0.25) is 5.91 Å². The minimum absolute atomic E-state index is 0.0369. The molecule has 0 bridgehead atoms. The lowest BCUT2D eigenvalue weighted by Crippen LogP contribution is -2.16. The number of rotatable bonds is 14. The highest BCUT2D eigenvalue weighted by atomic mass is 16.5. The number of nitrogens with zero attached hydrogens (tertiary/aromatic N) is 1. The average molecular weight is 363 g/mol. The largest absolute Gasteiger partial charge is 0.493 e. The van der Waals surface area contributed by atoms with Crippen LogP contribution in [0.2, 0.25) is 0 Å². The van der Waals surface area contributed by atoms with Gasteiger partial charge in [0.05, 0.1) is 19.9 Å². The lowest BCUT2D eigenvalue weighted by atomic mass is 10.1.